The molecule has 5 rings (SSSR count). The summed E-state index contributed by atoms with van der Waals surface area (Å²) in [5, 5.41) is 7.57. The van der Waals surface area contributed by atoms with Crippen LogP contribution in [0.4, 0.5) is 4.79 Å². The van der Waals surface area contributed by atoms with Gasteiger partial charge < -0.3 is 23.8 Å². The van der Waals surface area contributed by atoms with Crippen LogP contribution in [0.5, 0.6) is 5.75 Å². The van der Waals surface area contributed by atoms with E-state index in [1.807, 2.05) is 41.8 Å². The van der Waals surface area contributed by atoms with Crippen molar-refractivity contribution in [1.29, 1.82) is 0 Å². The number of piperidine rings is 1. The Bertz CT molecular complexity index is 1500. The third-order valence-electron chi connectivity index (χ3n) is 7.04. The largest absolute Gasteiger partial charge is 0.528 e. The van der Waals surface area contributed by atoms with E-state index in [4.69, 9.17) is 23.8 Å². The lowest BCUT2D eigenvalue weighted by atomic mass is 9.87. The lowest BCUT2D eigenvalue weighted by Crippen LogP contribution is -2.45. The number of benzene rings is 3. The van der Waals surface area contributed by atoms with Crippen LogP contribution in [-0.4, -0.2) is 55.2 Å². The maximum atomic E-state index is 12.4. The molecular formula is C34H37NO7S. The Labute approximate surface area is 256 Å². The average Bonchev–Trinajstić information content (AvgIpc) is 3.53. The lowest BCUT2D eigenvalue weighted by Gasteiger charge is -2.37. The fourth-order valence-corrected chi connectivity index (χ4v) is 5.62. The number of fused-ring (bicyclic) bond motifs is 1. The molecule has 226 valence electrons. The van der Waals surface area contributed by atoms with Crippen LogP contribution in [0.25, 0.3) is 10.8 Å². The van der Waals surface area contributed by atoms with Crippen molar-refractivity contribution in [2.45, 2.75) is 51.4 Å². The molecule has 9 heteroatoms. The van der Waals surface area contributed by atoms with E-state index in [2.05, 4.69) is 30.3 Å². The van der Waals surface area contributed by atoms with Crippen LogP contribution in [0.15, 0.2) is 83.6 Å². The molecule has 0 spiro atoms. The zero-order chi connectivity index (χ0) is 30.2. The molecule has 2 atom stereocenters. The van der Waals surface area contributed by atoms with E-state index >= 15 is 0 Å². The summed E-state index contributed by atoms with van der Waals surface area (Å²) >= 11 is 1.45. The first-order valence-electron chi connectivity index (χ1n) is 14.4. The van der Waals surface area contributed by atoms with Gasteiger partial charge in [0.25, 0.3) is 0 Å². The van der Waals surface area contributed by atoms with Gasteiger partial charge in [-0.15, -0.1) is 5.06 Å². The van der Waals surface area contributed by atoms with Crippen molar-refractivity contribution >= 4 is 34.2 Å². The number of rotatable bonds is 10. The number of hydrogen-bond acceptors (Lipinski definition) is 9. The Morgan fingerprint density at radius 3 is 2.49 bits per heavy atom. The number of esters is 1. The van der Waals surface area contributed by atoms with Gasteiger partial charge in [-0.3, -0.25) is 0 Å². The van der Waals surface area contributed by atoms with Crippen LogP contribution in [0.2, 0.25) is 0 Å². The number of hydroxylamine groups is 2. The van der Waals surface area contributed by atoms with Gasteiger partial charge >= 0.3 is 12.1 Å². The SMILES string of the molecule is CC(C)(C)OC(=O)ON1CCC(c2ccc(OCCOC(=O)c3ccsc3)cc2)C(OCc2ccc3ccccc3c2)C1. The van der Waals surface area contributed by atoms with Gasteiger partial charge in [0.05, 0.1) is 24.8 Å². The van der Waals surface area contributed by atoms with Crippen LogP contribution >= 0.6 is 11.3 Å². The monoisotopic (exact) mass is 603 g/mol. The molecule has 0 saturated carbocycles. The van der Waals surface area contributed by atoms with Crippen molar-refractivity contribution < 1.29 is 33.4 Å². The van der Waals surface area contributed by atoms with Gasteiger partial charge in [-0.1, -0.05) is 48.5 Å². The molecule has 0 aliphatic carbocycles. The molecule has 3 aromatic carbocycles. The lowest BCUT2D eigenvalue weighted by molar-refractivity contribution is -0.179. The maximum Gasteiger partial charge on any atom is 0.528 e. The van der Waals surface area contributed by atoms with Crippen molar-refractivity contribution in [2.75, 3.05) is 26.3 Å². The van der Waals surface area contributed by atoms with E-state index in [1.165, 1.54) is 16.7 Å². The van der Waals surface area contributed by atoms with Crippen molar-refractivity contribution in [3.63, 3.8) is 0 Å². The molecule has 1 aliphatic heterocycles. The van der Waals surface area contributed by atoms with Crippen molar-refractivity contribution in [1.82, 2.24) is 5.06 Å². The molecule has 43 heavy (non-hydrogen) atoms. The first-order valence-corrected chi connectivity index (χ1v) is 15.3. The summed E-state index contributed by atoms with van der Waals surface area (Å²) in [4.78, 5) is 29.9. The highest BCUT2D eigenvalue weighted by Crippen LogP contribution is 2.33. The number of hydrogen-bond donors (Lipinski definition) is 0. The predicted molar refractivity (Wildman–Crippen MR) is 165 cm³/mol. The molecule has 1 aromatic heterocycles. The summed E-state index contributed by atoms with van der Waals surface area (Å²) in [5.74, 6) is 0.422. The molecule has 2 heterocycles. The van der Waals surface area contributed by atoms with Gasteiger partial charge in [-0.2, -0.15) is 11.3 Å². The van der Waals surface area contributed by atoms with E-state index in [0.29, 0.717) is 31.0 Å². The highest BCUT2D eigenvalue weighted by molar-refractivity contribution is 7.08. The van der Waals surface area contributed by atoms with Crippen molar-refractivity contribution in [3.8, 4) is 5.75 Å². The van der Waals surface area contributed by atoms with E-state index in [1.54, 1.807) is 37.3 Å². The van der Waals surface area contributed by atoms with Gasteiger partial charge in [0.1, 0.15) is 24.6 Å². The van der Waals surface area contributed by atoms with E-state index in [9.17, 15) is 9.59 Å². The topological polar surface area (TPSA) is 83.5 Å². The predicted octanol–water partition coefficient (Wildman–Crippen LogP) is 7.38. The number of thiophene rings is 1. The van der Waals surface area contributed by atoms with E-state index in [0.717, 1.165) is 22.9 Å². The molecule has 0 bridgehead atoms. The second-order valence-corrected chi connectivity index (χ2v) is 12.2. The summed E-state index contributed by atoms with van der Waals surface area (Å²) in [7, 11) is 0. The Kier molecular flexibility index (Phi) is 9.97. The number of carbonyl (C=O) groups is 2. The number of ether oxygens (including phenoxy) is 4. The fourth-order valence-electron chi connectivity index (χ4n) is 5.00. The third-order valence-corrected chi connectivity index (χ3v) is 7.73. The second kappa shape index (κ2) is 14.0. The zero-order valence-electron chi connectivity index (χ0n) is 24.7. The fraction of sp³-hybridized carbons (Fsp3) is 0.353. The molecule has 2 unspecified atom stereocenters. The summed E-state index contributed by atoms with van der Waals surface area (Å²) in [6.45, 7) is 7.23. The normalized spacial score (nSPS) is 17.4. The summed E-state index contributed by atoms with van der Waals surface area (Å²) in [6.07, 6.45) is -0.225. The van der Waals surface area contributed by atoms with Crippen LogP contribution in [0, 0.1) is 0 Å². The first-order chi connectivity index (χ1) is 20.7. The van der Waals surface area contributed by atoms with Gasteiger partial charge in [-0.05, 0) is 78.7 Å². The molecule has 4 aromatic rings. The maximum absolute atomic E-state index is 12.4. The Morgan fingerprint density at radius 1 is 0.953 bits per heavy atom. The number of nitrogens with zero attached hydrogens (tertiary/aromatic N) is 1. The van der Waals surface area contributed by atoms with Gasteiger partial charge in [0.15, 0.2) is 0 Å². The van der Waals surface area contributed by atoms with Gasteiger partial charge in [-0.25, -0.2) is 9.59 Å². The van der Waals surface area contributed by atoms with E-state index < -0.39 is 11.8 Å². The van der Waals surface area contributed by atoms with E-state index in [-0.39, 0.29) is 31.2 Å². The minimum absolute atomic E-state index is 0.0829. The van der Waals surface area contributed by atoms with Crippen LogP contribution in [0.1, 0.15) is 54.6 Å². The average molecular weight is 604 g/mol. The molecule has 0 amide bonds. The standard InChI is InChI=1S/C34H37NO7S/c1-34(2,3)41-33(37)42-35-16-14-30(31(21-35)40-22-24-8-9-25-6-4-5-7-27(25)20-24)26-10-12-29(13-11-26)38-17-18-39-32(36)28-15-19-43-23-28/h4-13,15,19-20,23,30-31H,14,16-18,21-22H2,1-3H3. The summed E-state index contributed by atoms with van der Waals surface area (Å²) in [6, 6.07) is 24.2. The molecule has 0 radical (unpaired) electrons. The highest BCUT2D eigenvalue weighted by Gasteiger charge is 2.34. The number of carbonyl (C=O) groups excluding carboxylic acids is 2. The quantitative estimate of drug-likeness (QED) is 0.137. The third kappa shape index (κ3) is 8.79. The highest BCUT2D eigenvalue weighted by atomic mass is 32.1. The first kappa shape index (κ1) is 30.5. The summed E-state index contributed by atoms with van der Waals surface area (Å²) in [5.41, 5.74) is 2.09. The Hall–Kier alpha value is -3.92. The molecule has 1 fully saturated rings. The van der Waals surface area contributed by atoms with Crippen LogP contribution in [-0.2, 0) is 25.7 Å². The minimum Gasteiger partial charge on any atom is -0.490 e. The Balaban J connectivity index is 1.21. The molecule has 1 aliphatic rings. The van der Waals surface area contributed by atoms with Crippen molar-refractivity contribution in [2.24, 2.45) is 0 Å². The minimum atomic E-state index is -0.721. The Morgan fingerprint density at radius 2 is 1.74 bits per heavy atom. The van der Waals surface area contributed by atoms with Crippen LogP contribution < -0.4 is 4.74 Å². The molecular weight excluding hydrogens is 566 g/mol. The summed E-state index contributed by atoms with van der Waals surface area (Å²) < 4.78 is 22.9. The van der Waals surface area contributed by atoms with Gasteiger partial charge in [0.2, 0.25) is 0 Å². The smallest absolute Gasteiger partial charge is 0.490 e. The van der Waals surface area contributed by atoms with Crippen molar-refractivity contribution in [3.05, 3.63) is 100 Å². The van der Waals surface area contributed by atoms with Crippen LogP contribution in [0.3, 0.4) is 0 Å². The molecule has 1 saturated heterocycles. The molecule has 8 nitrogen and oxygen atoms in total. The zero-order valence-corrected chi connectivity index (χ0v) is 25.5. The molecule has 0 N–H and O–H groups in total. The van der Waals surface area contributed by atoms with Gasteiger partial charge in [0, 0.05) is 17.8 Å². The second-order valence-electron chi connectivity index (χ2n) is 11.4.